The number of rotatable bonds is 2. The first kappa shape index (κ1) is 18.0. The van der Waals surface area contributed by atoms with Gasteiger partial charge < -0.3 is 0 Å². The van der Waals surface area contributed by atoms with Crippen LogP contribution in [-0.4, -0.2) is 29.0 Å². The second-order valence-electron chi connectivity index (χ2n) is 6.66. The van der Waals surface area contributed by atoms with Crippen LogP contribution in [0.2, 0.25) is 0 Å². The lowest BCUT2D eigenvalue weighted by Crippen LogP contribution is -2.65. The van der Waals surface area contributed by atoms with Gasteiger partial charge in [0.25, 0.3) is 17.1 Å². The van der Waals surface area contributed by atoms with Gasteiger partial charge in [0.15, 0.2) is 0 Å². The minimum absolute atomic E-state index is 0.360. The van der Waals surface area contributed by atoms with Crippen LogP contribution < -0.4 is 5.73 Å². The smallest absolute Gasteiger partial charge is 0.291 e. The third-order valence-corrected chi connectivity index (χ3v) is 5.32. The fourth-order valence-electron chi connectivity index (χ4n) is 4.02. The Morgan fingerprint density at radius 2 is 0.889 bits per heavy atom. The molecule has 4 rings (SSSR count). The number of halogens is 7. The van der Waals surface area contributed by atoms with Crippen molar-refractivity contribution in [3.63, 3.8) is 0 Å². The zero-order chi connectivity index (χ0) is 19.9. The van der Waals surface area contributed by atoms with Gasteiger partial charge >= 0.3 is 11.8 Å². The molecule has 0 aliphatic heterocycles. The molecule has 1 nitrogen and oxygen atoms in total. The molecule has 2 N–H and O–H groups in total. The van der Waals surface area contributed by atoms with E-state index in [2.05, 4.69) is 0 Å². The van der Waals surface area contributed by atoms with Crippen molar-refractivity contribution in [1.82, 2.24) is 0 Å². The van der Waals surface area contributed by atoms with Crippen LogP contribution in [0.1, 0.15) is 11.1 Å². The minimum atomic E-state index is -5.51. The summed E-state index contributed by atoms with van der Waals surface area (Å²) >= 11 is 0. The molecule has 2 aliphatic carbocycles. The van der Waals surface area contributed by atoms with Crippen molar-refractivity contribution in [3.8, 4) is 0 Å². The van der Waals surface area contributed by atoms with Crippen molar-refractivity contribution in [1.29, 1.82) is 0 Å². The second-order valence-corrected chi connectivity index (χ2v) is 6.66. The van der Waals surface area contributed by atoms with Crippen LogP contribution in [0.4, 0.5) is 30.7 Å². The number of benzene rings is 2. The Labute approximate surface area is 149 Å². The average molecular weight is 387 g/mol. The summed E-state index contributed by atoms with van der Waals surface area (Å²) in [6.07, 6.45) is 0. The van der Waals surface area contributed by atoms with Gasteiger partial charge in [0.2, 0.25) is 0 Å². The summed E-state index contributed by atoms with van der Waals surface area (Å²) in [4.78, 5) is 0. The molecule has 2 bridgehead atoms. The Bertz CT molecular complexity index is 864. The summed E-state index contributed by atoms with van der Waals surface area (Å²) in [6.45, 7) is 0. The van der Waals surface area contributed by atoms with E-state index in [1.54, 1.807) is 0 Å². The quantitative estimate of drug-likeness (QED) is 0.574. The fraction of sp³-hybridized carbons (Fsp3) is 0.263. The first-order chi connectivity index (χ1) is 12.5. The number of hydrogen-bond acceptors (Lipinski definition) is 1. The van der Waals surface area contributed by atoms with Gasteiger partial charge in [-0.15, -0.1) is 0 Å². The van der Waals surface area contributed by atoms with Gasteiger partial charge in [0.05, 0.1) is 0 Å². The van der Waals surface area contributed by atoms with Crippen molar-refractivity contribution in [3.05, 3.63) is 71.8 Å². The standard InChI is InChI=1S/C19H12F7N/c20-15-13(11-7-3-1-4-8-11)14(12-9-5-2-6-10-12)16(21,17(15,22)23)19(26,27)18(15,24)25/h1-10H,27H2. The Hall–Kier alpha value is -2.35. The molecule has 27 heavy (non-hydrogen) atoms. The van der Waals surface area contributed by atoms with Crippen LogP contribution in [-0.2, 0) is 0 Å². The van der Waals surface area contributed by atoms with E-state index < -0.39 is 45.7 Å². The number of alkyl halides is 7. The molecule has 2 aliphatic rings. The van der Waals surface area contributed by atoms with Crippen LogP contribution in [0.5, 0.6) is 0 Å². The summed E-state index contributed by atoms with van der Waals surface area (Å²) in [5.41, 5.74) is -8.26. The molecule has 0 spiro atoms. The van der Waals surface area contributed by atoms with Crippen molar-refractivity contribution in [2.24, 2.45) is 5.73 Å². The second kappa shape index (κ2) is 4.92. The predicted octanol–water partition coefficient (Wildman–Crippen LogP) is 4.94. The first-order valence-electron chi connectivity index (χ1n) is 7.93. The topological polar surface area (TPSA) is 26.0 Å². The number of nitrogens with two attached hydrogens (primary N) is 1. The lowest BCUT2D eigenvalue weighted by Gasteiger charge is -2.39. The highest BCUT2D eigenvalue weighted by Gasteiger charge is 3.02. The molecule has 3 atom stereocenters. The van der Waals surface area contributed by atoms with Crippen molar-refractivity contribution < 1.29 is 30.7 Å². The molecule has 2 aromatic rings. The van der Waals surface area contributed by atoms with Gasteiger partial charge in [0.1, 0.15) is 0 Å². The lowest BCUT2D eigenvalue weighted by atomic mass is 9.76. The Morgan fingerprint density at radius 1 is 0.519 bits per heavy atom. The molecule has 0 radical (unpaired) electrons. The van der Waals surface area contributed by atoms with Crippen LogP contribution in [0.25, 0.3) is 11.1 Å². The zero-order valence-corrected chi connectivity index (χ0v) is 13.5. The van der Waals surface area contributed by atoms with Gasteiger partial charge in [-0.25, -0.2) is 13.2 Å². The monoisotopic (exact) mass is 387 g/mol. The van der Waals surface area contributed by atoms with Gasteiger partial charge in [-0.05, 0) is 11.1 Å². The SMILES string of the molecule is NC1(F)C(F)(F)C2(F)C(c3ccccc3)=C(c3ccccc3)C1(F)C2(F)F. The minimum Gasteiger partial charge on any atom is -0.291 e. The summed E-state index contributed by atoms with van der Waals surface area (Å²) in [6, 6.07) is 12.4. The van der Waals surface area contributed by atoms with Crippen LogP contribution in [0.15, 0.2) is 60.7 Å². The molecule has 0 heterocycles. The van der Waals surface area contributed by atoms with Crippen molar-refractivity contribution >= 4 is 11.1 Å². The summed E-state index contributed by atoms with van der Waals surface area (Å²) < 4.78 is 105. The zero-order valence-electron chi connectivity index (χ0n) is 13.5. The number of hydrogen-bond donors (Lipinski definition) is 1. The molecule has 0 aromatic heterocycles. The molecule has 1 saturated carbocycles. The Balaban J connectivity index is 2.21. The predicted molar refractivity (Wildman–Crippen MR) is 85.3 cm³/mol. The van der Waals surface area contributed by atoms with Crippen molar-refractivity contribution in [2.75, 3.05) is 0 Å². The van der Waals surface area contributed by atoms with Gasteiger partial charge in [-0.3, -0.25) is 5.73 Å². The fourth-order valence-corrected chi connectivity index (χ4v) is 4.02. The normalized spacial score (nSPS) is 36.3. The molecule has 3 unspecified atom stereocenters. The first-order valence-corrected chi connectivity index (χ1v) is 7.93. The number of fused-ring (bicyclic) bond motifs is 2. The van der Waals surface area contributed by atoms with E-state index in [0.29, 0.717) is 0 Å². The molecule has 2 aromatic carbocycles. The van der Waals surface area contributed by atoms with E-state index >= 15 is 8.78 Å². The lowest BCUT2D eigenvalue weighted by molar-refractivity contribution is -0.197. The van der Waals surface area contributed by atoms with E-state index in [-0.39, 0.29) is 5.56 Å². The summed E-state index contributed by atoms with van der Waals surface area (Å²) in [5, 5.41) is 0. The molecular weight excluding hydrogens is 375 g/mol. The maximum atomic E-state index is 15.6. The highest BCUT2D eigenvalue weighted by Crippen LogP contribution is 2.78. The van der Waals surface area contributed by atoms with E-state index in [9.17, 15) is 22.0 Å². The Morgan fingerprint density at radius 3 is 1.30 bits per heavy atom. The van der Waals surface area contributed by atoms with E-state index in [1.165, 1.54) is 36.4 Å². The summed E-state index contributed by atoms with van der Waals surface area (Å²) in [7, 11) is 0. The molecule has 0 saturated heterocycles. The highest BCUT2D eigenvalue weighted by atomic mass is 19.3. The highest BCUT2D eigenvalue weighted by molar-refractivity contribution is 6.05. The van der Waals surface area contributed by atoms with E-state index in [0.717, 1.165) is 24.3 Å². The third kappa shape index (κ3) is 1.62. The summed E-state index contributed by atoms with van der Waals surface area (Å²) in [5.74, 6) is -15.9. The molecule has 0 amide bonds. The van der Waals surface area contributed by atoms with Crippen LogP contribution >= 0.6 is 0 Å². The molecular formula is C19H12F7N. The molecule has 8 heteroatoms. The van der Waals surface area contributed by atoms with E-state index in [1.807, 2.05) is 0 Å². The van der Waals surface area contributed by atoms with Crippen LogP contribution in [0.3, 0.4) is 0 Å². The van der Waals surface area contributed by atoms with Gasteiger partial charge in [-0.1, -0.05) is 60.7 Å². The largest absolute Gasteiger partial charge is 0.341 e. The van der Waals surface area contributed by atoms with Gasteiger partial charge in [0, 0.05) is 11.1 Å². The maximum Gasteiger partial charge on any atom is 0.341 e. The average Bonchev–Trinajstić information content (AvgIpc) is 2.82. The maximum absolute atomic E-state index is 15.6. The van der Waals surface area contributed by atoms with Gasteiger partial charge in [-0.2, -0.15) is 17.6 Å². The van der Waals surface area contributed by atoms with E-state index in [4.69, 9.17) is 5.73 Å². The third-order valence-electron chi connectivity index (χ3n) is 5.32. The number of allylic oxidation sites excluding steroid dienone is 1. The molecule has 1 fully saturated rings. The molecule has 142 valence electrons. The van der Waals surface area contributed by atoms with Crippen molar-refractivity contribution in [2.45, 2.75) is 29.0 Å². The van der Waals surface area contributed by atoms with Crippen LogP contribution in [0, 0.1) is 0 Å². The Kier molecular flexibility index (Phi) is 3.29.